The van der Waals surface area contributed by atoms with Crippen molar-refractivity contribution in [3.63, 3.8) is 0 Å². The SMILES string of the molecule is Cc1ccsc1C(N)c1ccc(OC(F)F)cc1. The van der Waals surface area contributed by atoms with Gasteiger partial charge in [-0.05, 0) is 41.6 Å². The summed E-state index contributed by atoms with van der Waals surface area (Å²) < 4.78 is 28.3. The Hall–Kier alpha value is -1.46. The van der Waals surface area contributed by atoms with E-state index in [9.17, 15) is 8.78 Å². The van der Waals surface area contributed by atoms with Gasteiger partial charge in [-0.25, -0.2) is 0 Å². The minimum Gasteiger partial charge on any atom is -0.435 e. The number of nitrogens with two attached hydrogens (primary N) is 1. The molecule has 2 aromatic rings. The van der Waals surface area contributed by atoms with E-state index in [-0.39, 0.29) is 11.8 Å². The lowest BCUT2D eigenvalue weighted by Gasteiger charge is -2.12. The first-order valence-corrected chi connectivity index (χ1v) is 6.30. The van der Waals surface area contributed by atoms with Crippen LogP contribution in [0.3, 0.4) is 0 Å². The van der Waals surface area contributed by atoms with Crippen LogP contribution in [0.4, 0.5) is 8.78 Å². The van der Waals surface area contributed by atoms with Crippen molar-refractivity contribution >= 4 is 11.3 Å². The molecule has 2 N–H and O–H groups in total. The van der Waals surface area contributed by atoms with Crippen LogP contribution in [0.15, 0.2) is 35.7 Å². The summed E-state index contributed by atoms with van der Waals surface area (Å²) in [5, 5.41) is 1.98. The van der Waals surface area contributed by atoms with Crippen LogP contribution in [0.5, 0.6) is 5.75 Å². The predicted molar refractivity (Wildman–Crippen MR) is 68.2 cm³/mol. The molecule has 0 aliphatic carbocycles. The molecule has 0 fully saturated rings. The maximum absolute atomic E-state index is 12.0. The summed E-state index contributed by atoms with van der Waals surface area (Å²) in [5.41, 5.74) is 8.15. The molecule has 0 saturated carbocycles. The molecule has 0 spiro atoms. The molecule has 0 amide bonds. The van der Waals surface area contributed by atoms with Crippen molar-refractivity contribution in [3.05, 3.63) is 51.7 Å². The highest BCUT2D eigenvalue weighted by molar-refractivity contribution is 7.10. The van der Waals surface area contributed by atoms with Gasteiger partial charge < -0.3 is 10.5 Å². The van der Waals surface area contributed by atoms with Crippen LogP contribution < -0.4 is 10.5 Å². The van der Waals surface area contributed by atoms with E-state index in [1.165, 1.54) is 12.1 Å². The van der Waals surface area contributed by atoms with Gasteiger partial charge in [-0.15, -0.1) is 11.3 Å². The molecule has 1 aromatic heterocycles. The first-order chi connectivity index (χ1) is 8.58. The van der Waals surface area contributed by atoms with E-state index in [1.54, 1.807) is 23.5 Å². The zero-order valence-corrected chi connectivity index (χ0v) is 10.6. The van der Waals surface area contributed by atoms with Gasteiger partial charge in [-0.2, -0.15) is 8.78 Å². The number of halogens is 2. The minimum atomic E-state index is -2.80. The molecule has 1 aromatic carbocycles. The Morgan fingerprint density at radius 3 is 2.33 bits per heavy atom. The summed E-state index contributed by atoms with van der Waals surface area (Å²) in [6.45, 7) is -0.802. The third-order valence-electron chi connectivity index (χ3n) is 2.65. The van der Waals surface area contributed by atoms with Crippen LogP contribution >= 0.6 is 11.3 Å². The Morgan fingerprint density at radius 1 is 1.17 bits per heavy atom. The monoisotopic (exact) mass is 269 g/mol. The van der Waals surface area contributed by atoms with E-state index in [0.717, 1.165) is 16.0 Å². The Kier molecular flexibility index (Phi) is 3.93. The smallest absolute Gasteiger partial charge is 0.387 e. The summed E-state index contributed by atoms with van der Waals surface area (Å²) in [6, 6.07) is 8.21. The molecular weight excluding hydrogens is 256 g/mol. The minimum absolute atomic E-state index is 0.142. The molecular formula is C13H13F2NOS. The number of benzene rings is 1. The zero-order chi connectivity index (χ0) is 13.1. The van der Waals surface area contributed by atoms with Crippen molar-refractivity contribution in [2.24, 2.45) is 5.73 Å². The van der Waals surface area contributed by atoms with Gasteiger partial charge >= 0.3 is 6.61 Å². The molecule has 18 heavy (non-hydrogen) atoms. The van der Waals surface area contributed by atoms with E-state index in [1.807, 2.05) is 18.4 Å². The van der Waals surface area contributed by atoms with Gasteiger partial charge in [0.05, 0.1) is 6.04 Å². The molecule has 1 unspecified atom stereocenters. The lowest BCUT2D eigenvalue weighted by molar-refractivity contribution is -0.0498. The van der Waals surface area contributed by atoms with Gasteiger partial charge in [0, 0.05) is 4.88 Å². The number of rotatable bonds is 4. The fourth-order valence-electron chi connectivity index (χ4n) is 1.71. The van der Waals surface area contributed by atoms with Gasteiger partial charge in [-0.1, -0.05) is 12.1 Å². The third-order valence-corrected chi connectivity index (χ3v) is 3.75. The fraction of sp³-hybridized carbons (Fsp3) is 0.231. The van der Waals surface area contributed by atoms with Crippen LogP contribution in [-0.4, -0.2) is 6.61 Å². The van der Waals surface area contributed by atoms with Crippen molar-refractivity contribution in [3.8, 4) is 5.75 Å². The lowest BCUT2D eigenvalue weighted by atomic mass is 10.0. The van der Waals surface area contributed by atoms with Gasteiger partial charge in [0.2, 0.25) is 0 Å². The summed E-state index contributed by atoms with van der Waals surface area (Å²) in [7, 11) is 0. The maximum atomic E-state index is 12.0. The van der Waals surface area contributed by atoms with Crippen LogP contribution in [0.1, 0.15) is 22.0 Å². The van der Waals surface area contributed by atoms with Crippen molar-refractivity contribution in [1.29, 1.82) is 0 Å². The number of alkyl halides is 2. The molecule has 0 saturated heterocycles. The standard InChI is InChI=1S/C13H13F2NOS/c1-8-6-7-18-12(8)11(16)9-2-4-10(5-3-9)17-13(14)15/h2-7,11,13H,16H2,1H3. The molecule has 2 nitrogen and oxygen atoms in total. The number of thiophene rings is 1. The summed E-state index contributed by atoms with van der Waals surface area (Å²) >= 11 is 1.59. The van der Waals surface area contributed by atoms with Crippen LogP contribution in [0.25, 0.3) is 0 Å². The molecule has 0 aliphatic rings. The van der Waals surface area contributed by atoms with Crippen LogP contribution in [0, 0.1) is 6.92 Å². The number of ether oxygens (including phenoxy) is 1. The predicted octanol–water partition coefficient (Wildman–Crippen LogP) is 3.71. The molecule has 2 rings (SSSR count). The maximum Gasteiger partial charge on any atom is 0.387 e. The average Bonchev–Trinajstić information content (AvgIpc) is 2.75. The van der Waals surface area contributed by atoms with Crippen molar-refractivity contribution in [1.82, 2.24) is 0 Å². The van der Waals surface area contributed by atoms with Crippen LogP contribution in [0.2, 0.25) is 0 Å². The summed E-state index contributed by atoms with van der Waals surface area (Å²) in [5.74, 6) is 0.142. The summed E-state index contributed by atoms with van der Waals surface area (Å²) in [4.78, 5) is 1.08. The first kappa shape index (κ1) is 13.0. The molecule has 0 bridgehead atoms. The second kappa shape index (κ2) is 5.46. The Balaban J connectivity index is 2.17. The highest BCUT2D eigenvalue weighted by Gasteiger charge is 2.13. The number of aryl methyl sites for hydroxylation is 1. The molecule has 1 heterocycles. The van der Waals surface area contributed by atoms with Gasteiger partial charge in [0.15, 0.2) is 0 Å². The van der Waals surface area contributed by atoms with E-state index < -0.39 is 6.61 Å². The molecule has 5 heteroatoms. The second-order valence-corrected chi connectivity index (χ2v) is 4.84. The highest BCUT2D eigenvalue weighted by Crippen LogP contribution is 2.28. The lowest BCUT2D eigenvalue weighted by Crippen LogP contribution is -2.11. The second-order valence-electron chi connectivity index (χ2n) is 3.89. The molecule has 0 aliphatic heterocycles. The van der Waals surface area contributed by atoms with Gasteiger partial charge in [-0.3, -0.25) is 0 Å². The van der Waals surface area contributed by atoms with Crippen molar-refractivity contribution in [2.45, 2.75) is 19.6 Å². The fourth-order valence-corrected chi connectivity index (χ4v) is 2.67. The number of hydrogen-bond donors (Lipinski definition) is 1. The van der Waals surface area contributed by atoms with Gasteiger partial charge in [0.1, 0.15) is 5.75 Å². The summed E-state index contributed by atoms with van der Waals surface area (Å²) in [6.07, 6.45) is 0. The first-order valence-electron chi connectivity index (χ1n) is 5.42. The Bertz CT molecular complexity index is 510. The van der Waals surface area contributed by atoms with E-state index in [4.69, 9.17) is 5.73 Å². The largest absolute Gasteiger partial charge is 0.435 e. The van der Waals surface area contributed by atoms with Crippen molar-refractivity contribution in [2.75, 3.05) is 0 Å². The zero-order valence-electron chi connectivity index (χ0n) is 9.77. The topological polar surface area (TPSA) is 35.2 Å². The van der Waals surface area contributed by atoms with E-state index in [2.05, 4.69) is 4.74 Å². The molecule has 1 atom stereocenters. The van der Waals surface area contributed by atoms with Crippen molar-refractivity contribution < 1.29 is 13.5 Å². The van der Waals surface area contributed by atoms with Gasteiger partial charge in [0.25, 0.3) is 0 Å². The van der Waals surface area contributed by atoms with E-state index >= 15 is 0 Å². The number of hydrogen-bond acceptors (Lipinski definition) is 3. The highest BCUT2D eigenvalue weighted by atomic mass is 32.1. The van der Waals surface area contributed by atoms with Crippen LogP contribution in [-0.2, 0) is 0 Å². The quantitative estimate of drug-likeness (QED) is 0.918. The normalized spacial score (nSPS) is 12.7. The molecule has 0 radical (unpaired) electrons. The Labute approximate surface area is 108 Å². The Morgan fingerprint density at radius 2 is 1.83 bits per heavy atom. The van der Waals surface area contributed by atoms with E-state index in [0.29, 0.717) is 0 Å². The molecule has 96 valence electrons. The third kappa shape index (κ3) is 2.86. The average molecular weight is 269 g/mol.